The van der Waals surface area contributed by atoms with Crippen molar-refractivity contribution in [3.8, 4) is 17.2 Å². The van der Waals surface area contributed by atoms with Gasteiger partial charge in [0.25, 0.3) is 0 Å². The molecule has 5 heteroatoms. The topological polar surface area (TPSA) is 61.7 Å². The second kappa shape index (κ2) is 7.57. The molecule has 0 unspecified atom stereocenters. The first kappa shape index (κ1) is 16.6. The van der Waals surface area contributed by atoms with Crippen molar-refractivity contribution < 1.29 is 19.3 Å². The Morgan fingerprint density at radius 2 is 1.72 bits per heavy atom. The lowest BCUT2D eigenvalue weighted by Crippen LogP contribution is -2.00. The molecular formula is C20H18FNO3. The summed E-state index contributed by atoms with van der Waals surface area (Å²) in [5.74, 6) is 0.538. The minimum Gasteiger partial charge on any atom is -0.508 e. The Morgan fingerprint density at radius 1 is 0.920 bits per heavy atom. The molecule has 3 N–H and O–H groups in total. The van der Waals surface area contributed by atoms with Crippen LogP contribution in [-0.2, 0) is 13.2 Å². The monoisotopic (exact) mass is 339 g/mol. The second-order valence-electron chi connectivity index (χ2n) is 5.61. The summed E-state index contributed by atoms with van der Waals surface area (Å²) in [6.45, 7) is 0.703. The molecule has 0 bridgehead atoms. The molecule has 128 valence electrons. The molecule has 0 radical (unpaired) electrons. The number of aromatic hydroxyl groups is 2. The number of phenols is 2. The zero-order valence-corrected chi connectivity index (χ0v) is 13.4. The van der Waals surface area contributed by atoms with Crippen molar-refractivity contribution in [3.63, 3.8) is 0 Å². The SMILES string of the molecule is Oc1cccc(NCc2ccc(OCc3ccc(F)cc3)cc2O)c1. The summed E-state index contributed by atoms with van der Waals surface area (Å²) in [5, 5.41) is 22.7. The van der Waals surface area contributed by atoms with Crippen molar-refractivity contribution in [2.45, 2.75) is 13.2 Å². The minimum atomic E-state index is -0.287. The largest absolute Gasteiger partial charge is 0.508 e. The molecule has 0 amide bonds. The molecule has 3 aromatic rings. The number of halogens is 1. The first-order valence-corrected chi connectivity index (χ1v) is 7.82. The molecule has 0 fully saturated rings. The van der Waals surface area contributed by atoms with E-state index in [4.69, 9.17) is 4.74 Å². The van der Waals surface area contributed by atoms with Gasteiger partial charge >= 0.3 is 0 Å². The summed E-state index contributed by atoms with van der Waals surface area (Å²) in [5.41, 5.74) is 2.31. The Morgan fingerprint density at radius 3 is 2.44 bits per heavy atom. The molecule has 0 saturated heterocycles. The highest BCUT2D eigenvalue weighted by atomic mass is 19.1. The Hall–Kier alpha value is -3.21. The van der Waals surface area contributed by atoms with Crippen LogP contribution in [0.5, 0.6) is 17.2 Å². The maximum absolute atomic E-state index is 12.9. The third kappa shape index (κ3) is 4.64. The van der Waals surface area contributed by atoms with Gasteiger partial charge < -0.3 is 20.3 Å². The summed E-state index contributed by atoms with van der Waals surface area (Å²) in [4.78, 5) is 0. The van der Waals surface area contributed by atoms with Crippen LogP contribution in [0, 0.1) is 5.82 Å². The lowest BCUT2D eigenvalue weighted by Gasteiger charge is -2.11. The van der Waals surface area contributed by atoms with Gasteiger partial charge in [0.15, 0.2) is 0 Å². The Bertz CT molecular complexity index is 850. The smallest absolute Gasteiger partial charge is 0.124 e. The van der Waals surface area contributed by atoms with Crippen LogP contribution in [0.4, 0.5) is 10.1 Å². The van der Waals surface area contributed by atoms with Gasteiger partial charge in [-0.2, -0.15) is 0 Å². The van der Waals surface area contributed by atoms with Crippen LogP contribution < -0.4 is 10.1 Å². The van der Waals surface area contributed by atoms with Crippen molar-refractivity contribution in [2.75, 3.05) is 5.32 Å². The third-order valence-electron chi connectivity index (χ3n) is 3.70. The molecule has 0 spiro atoms. The summed E-state index contributed by atoms with van der Waals surface area (Å²) in [7, 11) is 0. The lowest BCUT2D eigenvalue weighted by atomic mass is 10.2. The predicted molar refractivity (Wildman–Crippen MR) is 94.3 cm³/mol. The molecule has 3 rings (SSSR count). The lowest BCUT2D eigenvalue weighted by molar-refractivity contribution is 0.304. The normalized spacial score (nSPS) is 10.4. The fraction of sp³-hybridized carbons (Fsp3) is 0.100. The van der Waals surface area contributed by atoms with Gasteiger partial charge in [0.1, 0.15) is 29.7 Å². The van der Waals surface area contributed by atoms with Crippen LogP contribution in [0.25, 0.3) is 0 Å². The standard InChI is InChI=1S/C20H18FNO3/c21-16-7-4-14(5-8-16)13-25-19-9-6-15(20(24)11-19)12-22-17-2-1-3-18(23)10-17/h1-11,22-24H,12-13H2. The molecule has 4 nitrogen and oxygen atoms in total. The van der Waals surface area contributed by atoms with E-state index in [1.54, 1.807) is 48.5 Å². The summed E-state index contributed by atoms with van der Waals surface area (Å²) < 4.78 is 18.5. The van der Waals surface area contributed by atoms with Gasteiger partial charge in [-0.25, -0.2) is 4.39 Å². The van der Waals surface area contributed by atoms with Gasteiger partial charge in [-0.15, -0.1) is 0 Å². The van der Waals surface area contributed by atoms with E-state index in [1.165, 1.54) is 12.1 Å². The highest BCUT2D eigenvalue weighted by Crippen LogP contribution is 2.25. The van der Waals surface area contributed by atoms with Crippen molar-refractivity contribution in [1.82, 2.24) is 0 Å². The van der Waals surface area contributed by atoms with Gasteiger partial charge in [0.2, 0.25) is 0 Å². The number of hydrogen-bond acceptors (Lipinski definition) is 4. The maximum atomic E-state index is 12.9. The van der Waals surface area contributed by atoms with Crippen molar-refractivity contribution in [2.24, 2.45) is 0 Å². The van der Waals surface area contributed by atoms with Gasteiger partial charge in [-0.05, 0) is 42.0 Å². The van der Waals surface area contributed by atoms with E-state index in [1.807, 2.05) is 6.07 Å². The molecule has 3 aromatic carbocycles. The number of hydrogen-bond donors (Lipinski definition) is 3. The van der Waals surface area contributed by atoms with Crippen molar-refractivity contribution in [3.05, 3.63) is 83.7 Å². The van der Waals surface area contributed by atoms with Crippen molar-refractivity contribution >= 4 is 5.69 Å². The number of ether oxygens (including phenoxy) is 1. The molecule has 0 aliphatic carbocycles. The van der Waals surface area contributed by atoms with Crippen LogP contribution in [0.15, 0.2) is 66.7 Å². The minimum absolute atomic E-state index is 0.115. The van der Waals surface area contributed by atoms with E-state index in [0.717, 1.165) is 11.3 Å². The molecule has 25 heavy (non-hydrogen) atoms. The highest BCUT2D eigenvalue weighted by Gasteiger charge is 2.05. The van der Waals surface area contributed by atoms with Crippen LogP contribution in [-0.4, -0.2) is 10.2 Å². The Kier molecular flexibility index (Phi) is 5.04. The quantitative estimate of drug-likeness (QED) is 0.622. The molecule has 0 atom stereocenters. The number of rotatable bonds is 6. The van der Waals surface area contributed by atoms with E-state index in [2.05, 4.69) is 5.32 Å². The molecule has 0 heterocycles. The Labute approximate surface area is 145 Å². The highest BCUT2D eigenvalue weighted by molar-refractivity contribution is 5.49. The first-order valence-electron chi connectivity index (χ1n) is 7.82. The predicted octanol–water partition coefficient (Wildman–Crippen LogP) is 4.43. The van der Waals surface area contributed by atoms with E-state index in [0.29, 0.717) is 24.5 Å². The van der Waals surface area contributed by atoms with Gasteiger partial charge in [0, 0.05) is 29.9 Å². The van der Waals surface area contributed by atoms with Crippen LogP contribution in [0.3, 0.4) is 0 Å². The van der Waals surface area contributed by atoms with Crippen LogP contribution >= 0.6 is 0 Å². The summed E-state index contributed by atoms with van der Waals surface area (Å²) >= 11 is 0. The maximum Gasteiger partial charge on any atom is 0.124 e. The van der Waals surface area contributed by atoms with E-state index < -0.39 is 0 Å². The van der Waals surface area contributed by atoms with E-state index in [-0.39, 0.29) is 17.3 Å². The first-order chi connectivity index (χ1) is 12.1. The molecule has 0 aliphatic rings. The zero-order chi connectivity index (χ0) is 17.6. The molecular weight excluding hydrogens is 321 g/mol. The fourth-order valence-corrected chi connectivity index (χ4v) is 2.34. The average Bonchev–Trinajstić information content (AvgIpc) is 2.60. The fourth-order valence-electron chi connectivity index (χ4n) is 2.34. The van der Waals surface area contributed by atoms with Crippen LogP contribution in [0.1, 0.15) is 11.1 Å². The summed E-state index contributed by atoms with van der Waals surface area (Å²) in [6, 6.07) is 17.9. The Balaban J connectivity index is 1.59. The number of nitrogens with one attached hydrogen (secondary N) is 1. The van der Waals surface area contributed by atoms with E-state index >= 15 is 0 Å². The van der Waals surface area contributed by atoms with Crippen molar-refractivity contribution in [1.29, 1.82) is 0 Å². The van der Waals surface area contributed by atoms with Crippen LogP contribution in [0.2, 0.25) is 0 Å². The average molecular weight is 339 g/mol. The van der Waals surface area contributed by atoms with Gasteiger partial charge in [-0.3, -0.25) is 0 Å². The second-order valence-corrected chi connectivity index (χ2v) is 5.61. The number of phenolic OH excluding ortho intramolecular Hbond substituents is 2. The van der Waals surface area contributed by atoms with Gasteiger partial charge in [0.05, 0.1) is 0 Å². The zero-order valence-electron chi connectivity index (χ0n) is 13.4. The number of anilines is 1. The molecule has 0 aliphatic heterocycles. The summed E-state index contributed by atoms with van der Waals surface area (Å²) in [6.07, 6.45) is 0. The molecule has 0 saturated carbocycles. The number of benzene rings is 3. The third-order valence-corrected chi connectivity index (χ3v) is 3.70. The van der Waals surface area contributed by atoms with Gasteiger partial charge in [-0.1, -0.05) is 18.2 Å². The van der Waals surface area contributed by atoms with E-state index in [9.17, 15) is 14.6 Å². The molecule has 0 aromatic heterocycles.